The van der Waals surface area contributed by atoms with E-state index in [9.17, 15) is 9.59 Å². The van der Waals surface area contributed by atoms with Gasteiger partial charge >= 0.3 is 5.97 Å². The Morgan fingerprint density at radius 3 is 2.62 bits per heavy atom. The van der Waals surface area contributed by atoms with Crippen molar-refractivity contribution >= 4 is 46.3 Å². The van der Waals surface area contributed by atoms with Crippen LogP contribution >= 0.6 is 24.0 Å². The van der Waals surface area contributed by atoms with E-state index in [2.05, 4.69) is 11.1 Å². The average molecular weight is 427 g/mol. The van der Waals surface area contributed by atoms with Crippen molar-refractivity contribution in [2.75, 3.05) is 13.7 Å². The summed E-state index contributed by atoms with van der Waals surface area (Å²) in [6.07, 6.45) is 3.56. The molecule has 1 fully saturated rings. The van der Waals surface area contributed by atoms with E-state index < -0.39 is 0 Å². The van der Waals surface area contributed by atoms with Crippen LogP contribution in [0.25, 0.3) is 11.8 Å². The van der Waals surface area contributed by atoms with Gasteiger partial charge < -0.3 is 9.30 Å². The molecule has 7 heteroatoms. The third-order valence-corrected chi connectivity index (χ3v) is 6.18. The number of esters is 1. The number of amides is 1. The normalized spacial score (nSPS) is 15.3. The minimum absolute atomic E-state index is 0.0942. The quantitative estimate of drug-likeness (QED) is 0.303. The first kappa shape index (κ1) is 21.1. The molecule has 0 saturated carbocycles. The van der Waals surface area contributed by atoms with Gasteiger partial charge in [0.1, 0.15) is 4.32 Å². The van der Waals surface area contributed by atoms with Crippen LogP contribution in [-0.4, -0.2) is 39.3 Å². The molecule has 1 aromatic carbocycles. The summed E-state index contributed by atoms with van der Waals surface area (Å²) in [6, 6.07) is 7.53. The molecular formula is C22H22N2O3S2. The predicted molar refractivity (Wildman–Crippen MR) is 121 cm³/mol. The number of carbonyl (C=O) groups excluding carboxylic acids is 2. The van der Waals surface area contributed by atoms with Crippen molar-refractivity contribution in [2.45, 2.75) is 20.8 Å². The highest BCUT2D eigenvalue weighted by Crippen LogP contribution is 2.34. The largest absolute Gasteiger partial charge is 0.465 e. The molecule has 1 aromatic heterocycles. The molecule has 0 atom stereocenters. The maximum atomic E-state index is 12.6. The number of methoxy groups -OCH3 is 1. The summed E-state index contributed by atoms with van der Waals surface area (Å²) in [5.41, 5.74) is 5.44. The lowest BCUT2D eigenvalue weighted by Crippen LogP contribution is -2.27. The number of aryl methyl sites for hydroxylation is 2. The summed E-state index contributed by atoms with van der Waals surface area (Å²) in [5, 5.41) is 0. The first-order valence-corrected chi connectivity index (χ1v) is 10.3. The average Bonchev–Trinajstić information content (AvgIpc) is 3.11. The van der Waals surface area contributed by atoms with Crippen LogP contribution in [0.5, 0.6) is 0 Å². The zero-order chi connectivity index (χ0) is 21.3. The molecule has 5 nitrogen and oxygen atoms in total. The number of ether oxygens (including phenoxy) is 1. The Morgan fingerprint density at radius 1 is 1.28 bits per heavy atom. The van der Waals surface area contributed by atoms with E-state index in [0.717, 1.165) is 28.2 Å². The highest BCUT2D eigenvalue weighted by molar-refractivity contribution is 8.26. The van der Waals surface area contributed by atoms with Crippen LogP contribution in [0.15, 0.2) is 41.8 Å². The highest BCUT2D eigenvalue weighted by Gasteiger charge is 2.31. The Hall–Kier alpha value is -2.64. The molecular weight excluding hydrogens is 404 g/mol. The Kier molecular flexibility index (Phi) is 6.10. The molecule has 150 valence electrons. The number of thiocarbonyl (C=S) groups is 1. The number of carbonyl (C=O) groups is 2. The molecule has 0 aliphatic carbocycles. The van der Waals surface area contributed by atoms with Gasteiger partial charge in [0.05, 0.1) is 17.6 Å². The SMILES string of the molecule is C=CCN1C(=O)/C(=C/c2cc(C)n(-c3ccc(C(=O)OC)cc3C)c2C)SC1=S. The van der Waals surface area contributed by atoms with Crippen molar-refractivity contribution in [2.24, 2.45) is 0 Å². The lowest BCUT2D eigenvalue weighted by molar-refractivity contribution is -0.121. The number of aromatic nitrogens is 1. The van der Waals surface area contributed by atoms with Gasteiger partial charge in [-0.25, -0.2) is 4.79 Å². The molecule has 2 aromatic rings. The number of hydrogen-bond acceptors (Lipinski definition) is 5. The van der Waals surface area contributed by atoms with Crippen LogP contribution in [0.3, 0.4) is 0 Å². The second-order valence-corrected chi connectivity index (χ2v) is 8.41. The van der Waals surface area contributed by atoms with Crippen molar-refractivity contribution in [3.8, 4) is 5.69 Å². The van der Waals surface area contributed by atoms with Gasteiger partial charge in [-0.1, -0.05) is 30.1 Å². The van der Waals surface area contributed by atoms with E-state index in [0.29, 0.717) is 21.3 Å². The number of benzene rings is 1. The van der Waals surface area contributed by atoms with Crippen molar-refractivity contribution in [1.82, 2.24) is 9.47 Å². The zero-order valence-corrected chi connectivity index (χ0v) is 18.4. The maximum Gasteiger partial charge on any atom is 0.337 e. The minimum atomic E-state index is -0.358. The maximum absolute atomic E-state index is 12.6. The Labute approximate surface area is 180 Å². The van der Waals surface area contributed by atoms with E-state index >= 15 is 0 Å². The molecule has 3 rings (SSSR count). The van der Waals surface area contributed by atoms with Crippen LogP contribution in [0, 0.1) is 20.8 Å². The van der Waals surface area contributed by atoms with Gasteiger partial charge in [0.2, 0.25) is 0 Å². The van der Waals surface area contributed by atoms with Crippen molar-refractivity contribution in [3.63, 3.8) is 0 Å². The molecule has 2 heterocycles. The third kappa shape index (κ3) is 3.93. The predicted octanol–water partition coefficient (Wildman–Crippen LogP) is 4.58. The number of thioether (sulfide) groups is 1. The van der Waals surface area contributed by atoms with Gasteiger partial charge in [0.25, 0.3) is 5.91 Å². The van der Waals surface area contributed by atoms with Crippen LogP contribution in [0.2, 0.25) is 0 Å². The van der Waals surface area contributed by atoms with Crippen LogP contribution < -0.4 is 0 Å². The van der Waals surface area contributed by atoms with Gasteiger partial charge in [0, 0.05) is 23.6 Å². The summed E-state index contributed by atoms with van der Waals surface area (Å²) < 4.78 is 7.46. The first-order chi connectivity index (χ1) is 13.8. The summed E-state index contributed by atoms with van der Waals surface area (Å²) in [4.78, 5) is 26.6. The Morgan fingerprint density at radius 2 is 2.00 bits per heavy atom. The fourth-order valence-corrected chi connectivity index (χ4v) is 4.65. The monoisotopic (exact) mass is 426 g/mol. The summed E-state index contributed by atoms with van der Waals surface area (Å²) in [7, 11) is 1.37. The van der Waals surface area contributed by atoms with Crippen LogP contribution in [-0.2, 0) is 9.53 Å². The van der Waals surface area contributed by atoms with Gasteiger partial charge in [-0.2, -0.15) is 0 Å². The summed E-state index contributed by atoms with van der Waals surface area (Å²) in [6.45, 7) is 10.1. The van der Waals surface area contributed by atoms with Crippen molar-refractivity contribution in [1.29, 1.82) is 0 Å². The number of hydrogen-bond donors (Lipinski definition) is 0. The lowest BCUT2D eigenvalue weighted by Gasteiger charge is -2.14. The van der Waals surface area contributed by atoms with Crippen molar-refractivity contribution in [3.05, 3.63) is 69.9 Å². The molecule has 29 heavy (non-hydrogen) atoms. The van der Waals surface area contributed by atoms with E-state index in [-0.39, 0.29) is 11.9 Å². The van der Waals surface area contributed by atoms with Crippen LogP contribution in [0.1, 0.15) is 32.9 Å². The molecule has 0 bridgehead atoms. The third-order valence-electron chi connectivity index (χ3n) is 4.80. The summed E-state index contributed by atoms with van der Waals surface area (Å²) >= 11 is 6.62. The molecule has 0 spiro atoms. The second kappa shape index (κ2) is 8.39. The van der Waals surface area contributed by atoms with Crippen LogP contribution in [0.4, 0.5) is 0 Å². The molecule has 1 aliphatic rings. The number of rotatable bonds is 5. The van der Waals surface area contributed by atoms with Gasteiger partial charge in [0.15, 0.2) is 0 Å². The van der Waals surface area contributed by atoms with Crippen molar-refractivity contribution < 1.29 is 14.3 Å². The fourth-order valence-electron chi connectivity index (χ4n) is 3.38. The first-order valence-electron chi connectivity index (χ1n) is 9.03. The molecule has 0 N–H and O–H groups in total. The van der Waals surface area contributed by atoms with E-state index in [4.69, 9.17) is 17.0 Å². The zero-order valence-electron chi connectivity index (χ0n) is 16.8. The Bertz CT molecular complexity index is 1070. The van der Waals surface area contributed by atoms with E-state index in [1.807, 2.05) is 45.0 Å². The van der Waals surface area contributed by atoms with Gasteiger partial charge in [-0.3, -0.25) is 9.69 Å². The molecule has 0 radical (unpaired) electrons. The highest BCUT2D eigenvalue weighted by atomic mass is 32.2. The smallest absolute Gasteiger partial charge is 0.337 e. The summed E-state index contributed by atoms with van der Waals surface area (Å²) in [5.74, 6) is -0.453. The van der Waals surface area contributed by atoms with Gasteiger partial charge in [-0.15, -0.1) is 6.58 Å². The van der Waals surface area contributed by atoms with Gasteiger partial charge in [-0.05, 0) is 62.2 Å². The Balaban J connectivity index is 2.00. The van der Waals surface area contributed by atoms with E-state index in [1.165, 1.54) is 18.9 Å². The lowest BCUT2D eigenvalue weighted by atomic mass is 10.1. The standard InChI is InChI=1S/C22H22N2O3S2/c1-6-9-23-20(25)19(29-22(23)28)12-17-11-14(3)24(15(17)4)18-8-7-16(10-13(18)2)21(26)27-5/h6-8,10-12H,1,9H2,2-5H3/b19-12-. The molecule has 0 unspecified atom stereocenters. The second-order valence-electron chi connectivity index (χ2n) is 6.74. The minimum Gasteiger partial charge on any atom is -0.465 e. The number of nitrogens with zero attached hydrogens (tertiary/aromatic N) is 2. The molecule has 1 aliphatic heterocycles. The topological polar surface area (TPSA) is 51.5 Å². The molecule has 1 amide bonds. The molecule has 1 saturated heterocycles. The fraction of sp³-hybridized carbons (Fsp3) is 0.227. The van der Waals surface area contributed by atoms with E-state index in [1.54, 1.807) is 17.0 Å².